The summed E-state index contributed by atoms with van der Waals surface area (Å²) in [6.45, 7) is 2.07. The number of aromatic hydroxyl groups is 1. The normalized spacial score (nSPS) is 11.9. The minimum absolute atomic E-state index is 0.0840. The number of thioether (sulfide) groups is 1. The number of benzene rings is 3. The van der Waals surface area contributed by atoms with Gasteiger partial charge in [-0.25, -0.2) is 4.79 Å². The van der Waals surface area contributed by atoms with Crippen molar-refractivity contribution in [2.75, 3.05) is 5.75 Å². The van der Waals surface area contributed by atoms with Crippen molar-refractivity contribution in [2.24, 2.45) is 0 Å². The fraction of sp³-hybridized carbons (Fsp3) is 0.136. The minimum Gasteiger partial charge on any atom is -0.508 e. The van der Waals surface area contributed by atoms with Gasteiger partial charge in [0.1, 0.15) is 5.75 Å². The van der Waals surface area contributed by atoms with Crippen molar-refractivity contribution in [1.82, 2.24) is 0 Å². The molecule has 3 aromatic rings. The SMILES string of the molecule is CCSC(c1ccccc1O)c1ccccc1-c1ccccc1C(=O)O. The Kier molecular flexibility index (Phi) is 5.64. The van der Waals surface area contributed by atoms with E-state index in [0.717, 1.165) is 22.4 Å². The Balaban J connectivity index is 2.20. The lowest BCUT2D eigenvalue weighted by molar-refractivity contribution is 0.0697. The zero-order chi connectivity index (χ0) is 18.5. The second-order valence-electron chi connectivity index (χ2n) is 5.83. The number of hydrogen-bond donors (Lipinski definition) is 2. The number of rotatable bonds is 6. The Bertz CT molecular complexity index is 921. The molecular formula is C22H20O3S. The molecular weight excluding hydrogens is 344 g/mol. The molecule has 0 saturated heterocycles. The van der Waals surface area contributed by atoms with Crippen LogP contribution in [0, 0.1) is 0 Å². The fourth-order valence-corrected chi connectivity index (χ4v) is 4.20. The third kappa shape index (κ3) is 3.60. The van der Waals surface area contributed by atoms with E-state index in [9.17, 15) is 15.0 Å². The summed E-state index contributed by atoms with van der Waals surface area (Å²) in [5.41, 5.74) is 3.67. The quantitative estimate of drug-likeness (QED) is 0.598. The molecule has 132 valence electrons. The average molecular weight is 364 g/mol. The number of aromatic carboxylic acids is 1. The average Bonchev–Trinajstić information content (AvgIpc) is 2.67. The van der Waals surface area contributed by atoms with Crippen molar-refractivity contribution in [2.45, 2.75) is 12.2 Å². The topological polar surface area (TPSA) is 57.5 Å². The molecule has 0 aliphatic carbocycles. The molecule has 0 aliphatic heterocycles. The Morgan fingerprint density at radius 2 is 1.46 bits per heavy atom. The summed E-state index contributed by atoms with van der Waals surface area (Å²) in [7, 11) is 0. The van der Waals surface area contributed by atoms with Crippen LogP contribution in [-0.4, -0.2) is 21.9 Å². The van der Waals surface area contributed by atoms with E-state index in [1.807, 2.05) is 48.5 Å². The molecule has 0 radical (unpaired) electrons. The first kappa shape index (κ1) is 18.1. The second kappa shape index (κ2) is 8.11. The Morgan fingerprint density at radius 1 is 0.885 bits per heavy atom. The lowest BCUT2D eigenvalue weighted by atomic mass is 9.91. The van der Waals surface area contributed by atoms with Gasteiger partial charge in [0, 0.05) is 5.56 Å². The first-order valence-electron chi connectivity index (χ1n) is 8.44. The van der Waals surface area contributed by atoms with Crippen LogP contribution in [0.5, 0.6) is 5.75 Å². The first-order valence-corrected chi connectivity index (χ1v) is 9.49. The van der Waals surface area contributed by atoms with Gasteiger partial charge >= 0.3 is 5.97 Å². The summed E-state index contributed by atoms with van der Waals surface area (Å²) in [5.74, 6) is 0.172. The van der Waals surface area contributed by atoms with Crippen molar-refractivity contribution < 1.29 is 15.0 Å². The number of para-hydroxylation sites is 1. The molecule has 1 unspecified atom stereocenters. The zero-order valence-electron chi connectivity index (χ0n) is 14.4. The molecule has 0 heterocycles. The van der Waals surface area contributed by atoms with E-state index >= 15 is 0 Å². The monoisotopic (exact) mass is 364 g/mol. The molecule has 4 heteroatoms. The van der Waals surface area contributed by atoms with Gasteiger partial charge in [0.15, 0.2) is 0 Å². The number of hydrogen-bond acceptors (Lipinski definition) is 3. The van der Waals surface area contributed by atoms with Gasteiger partial charge in [0.25, 0.3) is 0 Å². The van der Waals surface area contributed by atoms with Gasteiger partial charge in [-0.05, 0) is 34.6 Å². The van der Waals surface area contributed by atoms with Crippen LogP contribution >= 0.6 is 11.8 Å². The molecule has 3 rings (SSSR count). The Hall–Kier alpha value is -2.72. The van der Waals surface area contributed by atoms with Gasteiger partial charge in [-0.2, -0.15) is 0 Å². The maximum atomic E-state index is 11.7. The maximum absolute atomic E-state index is 11.7. The molecule has 0 saturated carbocycles. The minimum atomic E-state index is -0.947. The van der Waals surface area contributed by atoms with Gasteiger partial charge in [-0.1, -0.05) is 67.6 Å². The Morgan fingerprint density at radius 3 is 2.12 bits per heavy atom. The summed E-state index contributed by atoms with van der Waals surface area (Å²) in [4.78, 5) is 11.7. The summed E-state index contributed by atoms with van der Waals surface area (Å²) >= 11 is 1.71. The highest BCUT2D eigenvalue weighted by atomic mass is 32.2. The molecule has 0 fully saturated rings. The van der Waals surface area contributed by atoms with E-state index < -0.39 is 5.97 Å². The Labute approximate surface area is 157 Å². The van der Waals surface area contributed by atoms with Crippen LogP contribution in [0.3, 0.4) is 0 Å². The highest BCUT2D eigenvalue weighted by molar-refractivity contribution is 7.99. The van der Waals surface area contributed by atoms with Crippen molar-refractivity contribution in [1.29, 1.82) is 0 Å². The van der Waals surface area contributed by atoms with Crippen LogP contribution in [0.1, 0.15) is 33.7 Å². The largest absolute Gasteiger partial charge is 0.508 e. The highest BCUT2D eigenvalue weighted by Gasteiger charge is 2.22. The molecule has 0 spiro atoms. The lowest BCUT2D eigenvalue weighted by Gasteiger charge is -2.22. The summed E-state index contributed by atoms with van der Waals surface area (Å²) in [6.07, 6.45) is 0. The van der Waals surface area contributed by atoms with Crippen LogP contribution in [0.2, 0.25) is 0 Å². The fourth-order valence-electron chi connectivity index (χ4n) is 3.10. The summed E-state index contributed by atoms with van der Waals surface area (Å²) in [6, 6.07) is 22.2. The van der Waals surface area contributed by atoms with Crippen LogP contribution in [0.4, 0.5) is 0 Å². The third-order valence-corrected chi connectivity index (χ3v) is 5.42. The van der Waals surface area contributed by atoms with E-state index in [-0.39, 0.29) is 16.6 Å². The number of phenolic OH excluding ortho intramolecular Hbond substituents is 1. The molecule has 2 N–H and O–H groups in total. The van der Waals surface area contributed by atoms with E-state index in [0.29, 0.717) is 5.56 Å². The predicted molar refractivity (Wildman–Crippen MR) is 107 cm³/mol. The van der Waals surface area contributed by atoms with E-state index in [1.165, 1.54) is 0 Å². The predicted octanol–water partition coefficient (Wildman–Crippen LogP) is 5.60. The molecule has 1 atom stereocenters. The van der Waals surface area contributed by atoms with Gasteiger partial charge < -0.3 is 10.2 Å². The molecule has 0 aromatic heterocycles. The molecule has 0 bridgehead atoms. The number of phenols is 1. The van der Waals surface area contributed by atoms with Crippen molar-refractivity contribution in [3.63, 3.8) is 0 Å². The molecule has 3 nitrogen and oxygen atoms in total. The molecule has 0 aliphatic rings. The van der Waals surface area contributed by atoms with Crippen LogP contribution < -0.4 is 0 Å². The smallest absolute Gasteiger partial charge is 0.336 e. The van der Waals surface area contributed by atoms with E-state index in [4.69, 9.17) is 0 Å². The maximum Gasteiger partial charge on any atom is 0.336 e. The van der Waals surface area contributed by atoms with Gasteiger partial charge in [-0.15, -0.1) is 11.8 Å². The van der Waals surface area contributed by atoms with Gasteiger partial charge in [-0.3, -0.25) is 0 Å². The van der Waals surface area contributed by atoms with E-state index in [1.54, 1.807) is 36.0 Å². The van der Waals surface area contributed by atoms with Gasteiger partial charge in [0.05, 0.1) is 10.8 Å². The zero-order valence-corrected chi connectivity index (χ0v) is 15.2. The number of carboxylic acids is 1. The molecule has 26 heavy (non-hydrogen) atoms. The van der Waals surface area contributed by atoms with Crippen molar-refractivity contribution >= 4 is 17.7 Å². The standard InChI is InChI=1S/C22H20O3S/c1-2-26-21(19-13-7-8-14-20(19)23)17-11-5-3-9-15(17)16-10-4-6-12-18(16)22(24)25/h3-14,21,23H,2H2,1H3,(H,24,25). The second-order valence-corrected chi connectivity index (χ2v) is 7.21. The van der Waals surface area contributed by atoms with Crippen LogP contribution in [-0.2, 0) is 0 Å². The first-order chi connectivity index (χ1) is 12.6. The molecule has 3 aromatic carbocycles. The molecule has 0 amide bonds. The number of carbonyl (C=O) groups is 1. The van der Waals surface area contributed by atoms with Crippen molar-refractivity contribution in [3.05, 3.63) is 89.5 Å². The lowest BCUT2D eigenvalue weighted by Crippen LogP contribution is -2.04. The van der Waals surface area contributed by atoms with E-state index in [2.05, 4.69) is 6.92 Å². The summed E-state index contributed by atoms with van der Waals surface area (Å²) < 4.78 is 0. The van der Waals surface area contributed by atoms with Crippen LogP contribution in [0.25, 0.3) is 11.1 Å². The summed E-state index contributed by atoms with van der Waals surface area (Å²) in [5, 5.41) is 19.9. The highest BCUT2D eigenvalue weighted by Crippen LogP contribution is 2.43. The number of carboxylic acid groups (broad SMARTS) is 1. The van der Waals surface area contributed by atoms with Crippen LogP contribution in [0.15, 0.2) is 72.8 Å². The van der Waals surface area contributed by atoms with Gasteiger partial charge in [0.2, 0.25) is 0 Å². The third-order valence-electron chi connectivity index (χ3n) is 4.24. The van der Waals surface area contributed by atoms with Crippen molar-refractivity contribution in [3.8, 4) is 16.9 Å².